The molecule has 2 heterocycles. The van der Waals surface area contributed by atoms with Gasteiger partial charge in [0.05, 0.1) is 34.8 Å². The molecule has 0 amide bonds. The quantitative estimate of drug-likeness (QED) is 0.577. The van der Waals surface area contributed by atoms with Crippen molar-refractivity contribution in [3.05, 3.63) is 60.3 Å². The molecule has 0 radical (unpaired) electrons. The summed E-state index contributed by atoms with van der Waals surface area (Å²) in [6, 6.07) is 13.3. The normalized spacial score (nSPS) is 15.8. The van der Waals surface area contributed by atoms with Crippen molar-refractivity contribution in [1.29, 1.82) is 0 Å². The number of para-hydroxylation sites is 2. The molecule has 9 heteroatoms. The number of methoxy groups -OCH3 is 1. The molecule has 0 spiro atoms. The highest BCUT2D eigenvalue weighted by Gasteiger charge is 2.30. The van der Waals surface area contributed by atoms with E-state index in [1.165, 1.54) is 35.7 Å². The van der Waals surface area contributed by atoms with E-state index in [2.05, 4.69) is 14.7 Å². The van der Waals surface area contributed by atoms with Gasteiger partial charge in [-0.3, -0.25) is 0 Å². The van der Waals surface area contributed by atoms with Gasteiger partial charge in [0.25, 0.3) is 0 Å². The van der Waals surface area contributed by atoms with Gasteiger partial charge in [-0.1, -0.05) is 12.1 Å². The van der Waals surface area contributed by atoms with Crippen LogP contribution in [-0.4, -0.2) is 55.0 Å². The number of hydrogen-bond donors (Lipinski definition) is 0. The number of fused-ring (bicyclic) bond motifs is 1. The first kappa shape index (κ1) is 20.2. The first-order valence-corrected chi connectivity index (χ1v) is 11.0. The van der Waals surface area contributed by atoms with Crippen LogP contribution in [0.1, 0.15) is 23.2 Å². The number of piperidine rings is 1. The minimum atomic E-state index is -3.64. The Morgan fingerprint density at radius 3 is 2.37 bits per heavy atom. The molecule has 1 saturated heterocycles. The van der Waals surface area contributed by atoms with Crippen molar-refractivity contribution < 1.29 is 22.7 Å². The first-order chi connectivity index (χ1) is 14.5. The number of rotatable bonds is 5. The predicted molar refractivity (Wildman–Crippen MR) is 110 cm³/mol. The molecule has 8 nitrogen and oxygen atoms in total. The van der Waals surface area contributed by atoms with Gasteiger partial charge in [-0.05, 0) is 49.2 Å². The van der Waals surface area contributed by atoms with Crippen molar-refractivity contribution in [3.8, 4) is 5.88 Å². The maximum atomic E-state index is 12.9. The van der Waals surface area contributed by atoms with Crippen LogP contribution in [0.4, 0.5) is 0 Å². The van der Waals surface area contributed by atoms with Crippen LogP contribution in [0.5, 0.6) is 5.88 Å². The van der Waals surface area contributed by atoms with E-state index in [1.54, 1.807) is 6.20 Å². The maximum Gasteiger partial charge on any atom is 0.337 e. The zero-order valence-electron chi connectivity index (χ0n) is 16.4. The number of aromatic nitrogens is 2. The summed E-state index contributed by atoms with van der Waals surface area (Å²) in [5.41, 5.74) is 1.86. The highest BCUT2D eigenvalue weighted by atomic mass is 32.2. The van der Waals surface area contributed by atoms with Crippen LogP contribution in [0.2, 0.25) is 0 Å². The summed E-state index contributed by atoms with van der Waals surface area (Å²) in [7, 11) is -2.36. The topological polar surface area (TPSA) is 98.7 Å². The van der Waals surface area contributed by atoms with Crippen molar-refractivity contribution >= 4 is 27.0 Å². The Bertz CT molecular complexity index is 1160. The summed E-state index contributed by atoms with van der Waals surface area (Å²) in [5, 5.41) is 0. The molecule has 0 saturated carbocycles. The minimum Gasteiger partial charge on any atom is -0.473 e. The lowest BCUT2D eigenvalue weighted by Gasteiger charge is -2.31. The largest absolute Gasteiger partial charge is 0.473 e. The molecule has 0 bridgehead atoms. The van der Waals surface area contributed by atoms with Crippen LogP contribution in [0.25, 0.3) is 11.0 Å². The fraction of sp³-hybridized carbons (Fsp3) is 0.286. The molecule has 0 aliphatic carbocycles. The molecular weight excluding hydrogens is 406 g/mol. The Labute approximate surface area is 174 Å². The Hall–Kier alpha value is -3.04. The lowest BCUT2D eigenvalue weighted by molar-refractivity contribution is 0.0600. The zero-order valence-corrected chi connectivity index (χ0v) is 17.2. The van der Waals surface area contributed by atoms with Crippen molar-refractivity contribution in [3.63, 3.8) is 0 Å². The molecule has 1 aliphatic rings. The van der Waals surface area contributed by atoms with E-state index >= 15 is 0 Å². The third-order valence-corrected chi connectivity index (χ3v) is 6.94. The second kappa shape index (κ2) is 8.37. The molecule has 3 aromatic rings. The fourth-order valence-electron chi connectivity index (χ4n) is 3.39. The molecule has 30 heavy (non-hydrogen) atoms. The van der Waals surface area contributed by atoms with Gasteiger partial charge in [0, 0.05) is 13.1 Å². The Balaban J connectivity index is 1.40. The number of carbonyl (C=O) groups excluding carboxylic acids is 1. The zero-order chi connectivity index (χ0) is 21.1. The molecule has 0 atom stereocenters. The van der Waals surface area contributed by atoms with E-state index in [1.807, 2.05) is 24.3 Å². The summed E-state index contributed by atoms with van der Waals surface area (Å²) >= 11 is 0. The van der Waals surface area contributed by atoms with Gasteiger partial charge < -0.3 is 9.47 Å². The van der Waals surface area contributed by atoms with E-state index in [9.17, 15) is 13.2 Å². The molecule has 1 aromatic heterocycles. The Morgan fingerprint density at radius 2 is 1.70 bits per heavy atom. The predicted octanol–water partition coefficient (Wildman–Crippen LogP) is 2.65. The average Bonchev–Trinajstić information content (AvgIpc) is 2.79. The summed E-state index contributed by atoms with van der Waals surface area (Å²) in [5.74, 6) is -0.0675. The lowest BCUT2D eigenvalue weighted by Crippen LogP contribution is -2.41. The second-order valence-corrected chi connectivity index (χ2v) is 8.87. The van der Waals surface area contributed by atoms with E-state index in [-0.39, 0.29) is 11.0 Å². The minimum absolute atomic E-state index is 0.131. The van der Waals surface area contributed by atoms with Gasteiger partial charge in [-0.25, -0.2) is 23.2 Å². The number of esters is 1. The van der Waals surface area contributed by atoms with Gasteiger partial charge in [0.1, 0.15) is 6.10 Å². The highest BCUT2D eigenvalue weighted by molar-refractivity contribution is 7.89. The molecule has 1 aliphatic heterocycles. The van der Waals surface area contributed by atoms with Gasteiger partial charge >= 0.3 is 5.97 Å². The summed E-state index contributed by atoms with van der Waals surface area (Å²) in [4.78, 5) is 20.5. The van der Waals surface area contributed by atoms with Crippen molar-refractivity contribution in [2.45, 2.75) is 23.8 Å². The van der Waals surface area contributed by atoms with E-state index < -0.39 is 16.0 Å². The standard InChI is InChI=1S/C21H21N3O5S/c1-28-21(25)15-6-8-17(9-7-15)30(26,27)24-12-10-16(11-13-24)29-20-14-22-18-4-2-3-5-19(18)23-20/h2-9,14,16H,10-13H2,1H3. The highest BCUT2D eigenvalue weighted by Crippen LogP contribution is 2.24. The number of sulfonamides is 1. The molecule has 156 valence electrons. The third kappa shape index (κ3) is 4.12. The number of ether oxygens (including phenoxy) is 2. The van der Waals surface area contributed by atoms with Gasteiger partial charge in [0.2, 0.25) is 15.9 Å². The average molecular weight is 427 g/mol. The number of carbonyl (C=O) groups is 1. The SMILES string of the molecule is COC(=O)c1ccc(S(=O)(=O)N2CCC(Oc3cnc4ccccc4n3)CC2)cc1. The van der Waals surface area contributed by atoms with Crippen molar-refractivity contribution in [2.24, 2.45) is 0 Å². The van der Waals surface area contributed by atoms with Crippen LogP contribution >= 0.6 is 0 Å². The molecule has 0 unspecified atom stereocenters. The van der Waals surface area contributed by atoms with Gasteiger partial charge in [-0.2, -0.15) is 4.31 Å². The third-order valence-electron chi connectivity index (χ3n) is 5.03. The van der Waals surface area contributed by atoms with Crippen LogP contribution in [0.15, 0.2) is 59.6 Å². The molecule has 0 N–H and O–H groups in total. The van der Waals surface area contributed by atoms with Crippen LogP contribution in [-0.2, 0) is 14.8 Å². The summed E-state index contributed by atoms with van der Waals surface area (Å²) < 4.78 is 37.8. The first-order valence-electron chi connectivity index (χ1n) is 9.54. The van der Waals surface area contributed by atoms with Crippen molar-refractivity contribution in [1.82, 2.24) is 14.3 Å². The molecule has 2 aromatic carbocycles. The maximum absolute atomic E-state index is 12.9. The van der Waals surface area contributed by atoms with Crippen molar-refractivity contribution in [2.75, 3.05) is 20.2 Å². The molecule has 4 rings (SSSR count). The monoisotopic (exact) mass is 427 g/mol. The second-order valence-electron chi connectivity index (χ2n) is 6.93. The number of benzene rings is 2. The summed E-state index contributed by atoms with van der Waals surface area (Å²) in [6.07, 6.45) is 2.56. The number of hydrogen-bond acceptors (Lipinski definition) is 7. The van der Waals surface area contributed by atoms with E-state index in [0.717, 1.165) is 11.0 Å². The van der Waals surface area contributed by atoms with E-state index in [0.29, 0.717) is 37.4 Å². The smallest absolute Gasteiger partial charge is 0.337 e. The van der Waals surface area contributed by atoms with Crippen LogP contribution < -0.4 is 4.74 Å². The molecule has 1 fully saturated rings. The van der Waals surface area contributed by atoms with Crippen LogP contribution in [0, 0.1) is 0 Å². The van der Waals surface area contributed by atoms with E-state index in [4.69, 9.17) is 4.74 Å². The summed E-state index contributed by atoms with van der Waals surface area (Å²) in [6.45, 7) is 0.680. The Morgan fingerprint density at radius 1 is 1.03 bits per heavy atom. The van der Waals surface area contributed by atoms with Crippen LogP contribution in [0.3, 0.4) is 0 Å². The Kier molecular flexibility index (Phi) is 5.65. The number of nitrogens with zero attached hydrogens (tertiary/aromatic N) is 3. The van der Waals surface area contributed by atoms with Gasteiger partial charge in [0.15, 0.2) is 0 Å². The van der Waals surface area contributed by atoms with Gasteiger partial charge in [-0.15, -0.1) is 0 Å². The fourth-order valence-corrected chi connectivity index (χ4v) is 4.86. The lowest BCUT2D eigenvalue weighted by atomic mass is 10.1. The molecular formula is C21H21N3O5S.